The molecular weight excluding hydrogens is 224 g/mol. The molecule has 4 heteroatoms. The highest BCUT2D eigenvalue weighted by Crippen LogP contribution is 2.13. The number of hydrogen-bond acceptors (Lipinski definition) is 3. The van der Waals surface area contributed by atoms with Crippen LogP contribution < -0.4 is 0 Å². The lowest BCUT2D eigenvalue weighted by atomic mass is 9.97. The summed E-state index contributed by atoms with van der Waals surface area (Å²) in [4.78, 5) is 4.04. The maximum Gasteiger partial charge on any atom is 0.123 e. The van der Waals surface area contributed by atoms with Gasteiger partial charge in [0, 0.05) is 13.5 Å². The average molecular weight is 248 g/mol. The smallest absolute Gasteiger partial charge is 0.123 e. The largest absolute Gasteiger partial charge is 0.287 e. The Balaban J connectivity index is 5.07. The summed E-state index contributed by atoms with van der Waals surface area (Å²) in [7, 11) is 1.68. The van der Waals surface area contributed by atoms with Crippen molar-refractivity contribution in [2.45, 2.75) is 47.0 Å². The summed E-state index contributed by atoms with van der Waals surface area (Å²) in [6, 6.07) is 0. The van der Waals surface area contributed by atoms with Gasteiger partial charge in [0.05, 0.1) is 0 Å². The van der Waals surface area contributed by atoms with Crippen molar-refractivity contribution in [3.05, 3.63) is 0 Å². The predicted octanol–water partition coefficient (Wildman–Crippen LogP) is 3.15. The molecule has 100 valence electrons. The normalized spacial score (nSPS) is 12.5. The molecule has 18 heavy (non-hydrogen) atoms. The molecule has 0 bridgehead atoms. The molecule has 0 atom stereocenters. The fourth-order valence-electron chi connectivity index (χ4n) is 1.58. The van der Waals surface area contributed by atoms with Gasteiger partial charge in [-0.05, 0) is 19.8 Å². The molecular formula is C14H24N4. The van der Waals surface area contributed by atoms with E-state index >= 15 is 0 Å². The lowest BCUT2D eigenvalue weighted by molar-refractivity contribution is 0.508. The number of aliphatic imine (C=N–C) groups is 1. The van der Waals surface area contributed by atoms with Gasteiger partial charge in [-0.1, -0.05) is 32.6 Å². The van der Waals surface area contributed by atoms with Crippen LogP contribution in [0.3, 0.4) is 0 Å². The van der Waals surface area contributed by atoms with Gasteiger partial charge in [-0.15, -0.1) is 6.42 Å². The van der Waals surface area contributed by atoms with Gasteiger partial charge < -0.3 is 0 Å². The summed E-state index contributed by atoms with van der Waals surface area (Å²) in [5, 5.41) is 13.5. The highest BCUT2D eigenvalue weighted by Gasteiger charge is 2.11. The number of hydrogen-bond donors (Lipinski definition) is 1. The fourth-order valence-corrected chi connectivity index (χ4v) is 1.58. The molecule has 0 aliphatic heterocycles. The molecule has 4 nitrogen and oxygen atoms in total. The lowest BCUT2D eigenvalue weighted by Crippen LogP contribution is -2.29. The summed E-state index contributed by atoms with van der Waals surface area (Å²) < 4.78 is 0. The van der Waals surface area contributed by atoms with Crippen molar-refractivity contribution in [2.24, 2.45) is 16.0 Å². The Morgan fingerprint density at radius 2 is 1.89 bits per heavy atom. The standard InChI is InChI=1S/C14H24N4/c1-7-13(8-2)10-14(9-3)17-18(11(4)15)12(5)16-6/h3,13,15H,7-8,10H2,1-2,4-6H3/b15-11?,16-12?,17-14+. The summed E-state index contributed by atoms with van der Waals surface area (Å²) in [6.07, 6.45) is 8.45. The summed E-state index contributed by atoms with van der Waals surface area (Å²) in [5.74, 6) is 4.15. The van der Waals surface area contributed by atoms with Crippen LogP contribution in [0.1, 0.15) is 47.0 Å². The van der Waals surface area contributed by atoms with Crippen LogP contribution in [0.2, 0.25) is 0 Å². The molecule has 0 aromatic carbocycles. The molecule has 0 heterocycles. The van der Waals surface area contributed by atoms with E-state index in [0.29, 0.717) is 23.3 Å². The van der Waals surface area contributed by atoms with E-state index in [-0.39, 0.29) is 0 Å². The number of terminal acetylenes is 1. The zero-order valence-electron chi connectivity index (χ0n) is 12.1. The molecule has 0 spiro atoms. The predicted molar refractivity (Wildman–Crippen MR) is 79.2 cm³/mol. The van der Waals surface area contributed by atoms with E-state index < -0.39 is 0 Å². The van der Waals surface area contributed by atoms with Crippen molar-refractivity contribution < 1.29 is 0 Å². The molecule has 0 saturated heterocycles. The van der Waals surface area contributed by atoms with Crippen molar-refractivity contribution in [3.63, 3.8) is 0 Å². The minimum Gasteiger partial charge on any atom is -0.287 e. The summed E-state index contributed by atoms with van der Waals surface area (Å²) in [6.45, 7) is 7.79. The van der Waals surface area contributed by atoms with Gasteiger partial charge in [0.15, 0.2) is 0 Å². The van der Waals surface area contributed by atoms with E-state index in [0.717, 1.165) is 19.3 Å². The molecule has 0 aliphatic rings. The third kappa shape index (κ3) is 5.13. The van der Waals surface area contributed by atoms with Crippen LogP contribution in [0.15, 0.2) is 10.1 Å². The van der Waals surface area contributed by atoms with Crippen LogP contribution in [0.5, 0.6) is 0 Å². The molecule has 0 radical (unpaired) electrons. The Kier molecular flexibility index (Phi) is 7.69. The number of nitrogens with one attached hydrogen (secondary N) is 1. The number of nitrogens with zero attached hydrogens (tertiary/aromatic N) is 3. The maximum absolute atomic E-state index is 7.70. The summed E-state index contributed by atoms with van der Waals surface area (Å²) >= 11 is 0. The minimum atomic E-state index is 0.315. The van der Waals surface area contributed by atoms with E-state index in [9.17, 15) is 0 Å². The van der Waals surface area contributed by atoms with Crippen molar-refractivity contribution >= 4 is 17.4 Å². The van der Waals surface area contributed by atoms with Gasteiger partial charge >= 0.3 is 0 Å². The van der Waals surface area contributed by atoms with E-state index in [1.54, 1.807) is 14.0 Å². The molecule has 0 saturated carbocycles. The number of rotatable bonds is 5. The van der Waals surface area contributed by atoms with Crippen LogP contribution in [-0.4, -0.2) is 29.4 Å². The molecule has 0 aromatic rings. The first-order chi connectivity index (χ1) is 8.49. The Bertz CT molecular complexity index is 370. The lowest BCUT2D eigenvalue weighted by Gasteiger charge is -2.18. The topological polar surface area (TPSA) is 51.8 Å². The van der Waals surface area contributed by atoms with Gasteiger partial charge in [-0.2, -0.15) is 5.10 Å². The molecule has 0 unspecified atom stereocenters. The number of hydrazone groups is 1. The van der Waals surface area contributed by atoms with Crippen LogP contribution in [0.4, 0.5) is 0 Å². The molecule has 0 aliphatic carbocycles. The Morgan fingerprint density at radius 1 is 1.33 bits per heavy atom. The molecule has 0 fully saturated rings. The van der Waals surface area contributed by atoms with Gasteiger partial charge in [0.1, 0.15) is 17.4 Å². The first-order valence-corrected chi connectivity index (χ1v) is 6.32. The first-order valence-electron chi connectivity index (χ1n) is 6.32. The first kappa shape index (κ1) is 16.4. The van der Waals surface area contributed by atoms with E-state index in [2.05, 4.69) is 29.9 Å². The highest BCUT2D eigenvalue weighted by atomic mass is 15.5. The second-order valence-corrected chi connectivity index (χ2v) is 4.25. The molecule has 0 aromatic heterocycles. The fraction of sp³-hybridized carbons (Fsp3) is 0.643. The second kappa shape index (κ2) is 8.46. The molecule has 1 N–H and O–H groups in total. The molecule has 0 amide bonds. The van der Waals surface area contributed by atoms with Crippen LogP contribution in [-0.2, 0) is 0 Å². The van der Waals surface area contributed by atoms with Crippen molar-refractivity contribution in [1.29, 1.82) is 5.41 Å². The summed E-state index contributed by atoms with van der Waals surface area (Å²) in [5.41, 5.74) is 0.679. The van der Waals surface area contributed by atoms with Crippen LogP contribution in [0.25, 0.3) is 0 Å². The van der Waals surface area contributed by atoms with Gasteiger partial charge in [0.25, 0.3) is 0 Å². The zero-order chi connectivity index (χ0) is 14.1. The van der Waals surface area contributed by atoms with Crippen LogP contribution >= 0.6 is 0 Å². The van der Waals surface area contributed by atoms with Gasteiger partial charge in [0.2, 0.25) is 0 Å². The average Bonchev–Trinajstić information content (AvgIpc) is 2.38. The minimum absolute atomic E-state index is 0.315. The molecule has 0 rings (SSSR count). The monoisotopic (exact) mass is 248 g/mol. The number of amidine groups is 2. The van der Waals surface area contributed by atoms with E-state index in [4.69, 9.17) is 11.8 Å². The van der Waals surface area contributed by atoms with Gasteiger partial charge in [-0.25, -0.2) is 5.01 Å². The van der Waals surface area contributed by atoms with Crippen molar-refractivity contribution in [3.8, 4) is 12.3 Å². The van der Waals surface area contributed by atoms with Crippen LogP contribution in [0, 0.1) is 23.7 Å². The highest BCUT2D eigenvalue weighted by molar-refractivity contribution is 6.03. The van der Waals surface area contributed by atoms with Crippen molar-refractivity contribution in [2.75, 3.05) is 7.05 Å². The Morgan fingerprint density at radius 3 is 2.22 bits per heavy atom. The van der Waals surface area contributed by atoms with Crippen molar-refractivity contribution in [1.82, 2.24) is 5.01 Å². The second-order valence-electron chi connectivity index (χ2n) is 4.25. The zero-order valence-corrected chi connectivity index (χ0v) is 12.1. The SMILES string of the molecule is C#C/C(CC(CC)CC)=N\N(C(C)=N)C(C)=NC. The van der Waals surface area contributed by atoms with Gasteiger partial charge in [-0.3, -0.25) is 10.4 Å². The van der Waals surface area contributed by atoms with E-state index in [1.165, 1.54) is 5.01 Å². The Hall–Kier alpha value is -1.63. The van der Waals surface area contributed by atoms with E-state index in [1.807, 2.05) is 6.92 Å². The Labute approximate surface area is 111 Å². The quantitative estimate of drug-likeness (QED) is 0.345. The third-order valence-electron chi connectivity index (χ3n) is 2.97. The maximum atomic E-state index is 7.70. The third-order valence-corrected chi connectivity index (χ3v) is 2.97.